The number of likely N-dealkylation sites (tertiary alicyclic amines) is 2. The van der Waals surface area contributed by atoms with E-state index >= 15 is 0 Å². The molecule has 0 atom stereocenters. The maximum Gasteiger partial charge on any atom is 0.238 e. The van der Waals surface area contributed by atoms with Gasteiger partial charge in [-0.05, 0) is 38.5 Å². The van der Waals surface area contributed by atoms with Crippen molar-refractivity contribution in [1.82, 2.24) is 9.80 Å². The van der Waals surface area contributed by atoms with Crippen molar-refractivity contribution in [3.05, 3.63) is 0 Å². The SMILES string of the molecule is ON=C(N1CCCCC1)N1CCCCC1. The molecule has 0 unspecified atom stereocenters. The smallest absolute Gasteiger partial charge is 0.238 e. The highest BCUT2D eigenvalue weighted by molar-refractivity contribution is 5.79. The molecule has 1 N–H and O–H groups in total. The lowest BCUT2D eigenvalue weighted by atomic mass is 10.1. The van der Waals surface area contributed by atoms with Gasteiger partial charge in [-0.2, -0.15) is 0 Å². The first kappa shape index (κ1) is 10.6. The maximum absolute atomic E-state index is 9.14. The Kier molecular flexibility index (Phi) is 3.69. The van der Waals surface area contributed by atoms with E-state index in [2.05, 4.69) is 15.0 Å². The van der Waals surface area contributed by atoms with Gasteiger partial charge in [-0.1, -0.05) is 5.16 Å². The Morgan fingerprint density at radius 2 is 1.13 bits per heavy atom. The minimum absolute atomic E-state index is 0.814. The third-order valence-corrected chi connectivity index (χ3v) is 3.37. The molecule has 2 saturated heterocycles. The Morgan fingerprint density at radius 1 is 0.733 bits per heavy atom. The van der Waals surface area contributed by atoms with E-state index in [4.69, 9.17) is 5.21 Å². The minimum atomic E-state index is 0.814. The van der Waals surface area contributed by atoms with Gasteiger partial charge in [0.2, 0.25) is 5.96 Å². The molecule has 86 valence electrons. The first-order valence-electron chi connectivity index (χ1n) is 6.14. The van der Waals surface area contributed by atoms with Gasteiger partial charge in [-0.15, -0.1) is 0 Å². The molecule has 0 radical (unpaired) electrons. The van der Waals surface area contributed by atoms with E-state index in [1.807, 2.05) is 0 Å². The van der Waals surface area contributed by atoms with Crippen LogP contribution in [0.3, 0.4) is 0 Å². The lowest BCUT2D eigenvalue weighted by molar-refractivity contribution is 0.223. The number of guanidine groups is 1. The molecular weight excluding hydrogens is 190 g/mol. The Hall–Kier alpha value is -0.930. The summed E-state index contributed by atoms with van der Waals surface area (Å²) in [4.78, 5) is 4.46. The van der Waals surface area contributed by atoms with Crippen molar-refractivity contribution in [2.45, 2.75) is 38.5 Å². The van der Waals surface area contributed by atoms with Gasteiger partial charge in [0.1, 0.15) is 0 Å². The van der Waals surface area contributed by atoms with Gasteiger partial charge < -0.3 is 15.0 Å². The Balaban J connectivity index is 1.95. The van der Waals surface area contributed by atoms with Crippen LogP contribution < -0.4 is 0 Å². The molecule has 0 saturated carbocycles. The number of hydrogen-bond acceptors (Lipinski definition) is 2. The van der Waals surface area contributed by atoms with E-state index in [1.54, 1.807) is 0 Å². The van der Waals surface area contributed by atoms with Crippen LogP contribution in [0.1, 0.15) is 38.5 Å². The summed E-state index contributed by atoms with van der Waals surface area (Å²) in [5.74, 6) is 0.814. The summed E-state index contributed by atoms with van der Waals surface area (Å²) in [7, 11) is 0. The van der Waals surface area contributed by atoms with Crippen molar-refractivity contribution in [1.29, 1.82) is 0 Å². The summed E-state index contributed by atoms with van der Waals surface area (Å²) in [6, 6.07) is 0. The van der Waals surface area contributed by atoms with E-state index in [0.717, 1.165) is 32.1 Å². The second kappa shape index (κ2) is 5.24. The summed E-state index contributed by atoms with van der Waals surface area (Å²) >= 11 is 0. The van der Waals surface area contributed by atoms with Crippen LogP contribution >= 0.6 is 0 Å². The number of rotatable bonds is 0. The Bertz CT molecular complexity index is 198. The number of oxime groups is 1. The van der Waals surface area contributed by atoms with Crippen molar-refractivity contribution in [2.24, 2.45) is 5.16 Å². The van der Waals surface area contributed by atoms with Crippen LogP contribution in [0, 0.1) is 0 Å². The van der Waals surface area contributed by atoms with Gasteiger partial charge in [-0.3, -0.25) is 0 Å². The van der Waals surface area contributed by atoms with Gasteiger partial charge in [0, 0.05) is 26.2 Å². The summed E-state index contributed by atoms with van der Waals surface area (Å²) in [6.45, 7) is 4.21. The average Bonchev–Trinajstić information content (AvgIpc) is 2.33. The molecule has 15 heavy (non-hydrogen) atoms. The molecule has 4 nitrogen and oxygen atoms in total. The number of hydrogen-bond donors (Lipinski definition) is 1. The van der Waals surface area contributed by atoms with Crippen LogP contribution in [0.15, 0.2) is 5.16 Å². The summed E-state index contributed by atoms with van der Waals surface area (Å²) in [5, 5.41) is 12.6. The zero-order valence-corrected chi connectivity index (χ0v) is 9.36. The van der Waals surface area contributed by atoms with Crippen molar-refractivity contribution >= 4 is 5.96 Å². The van der Waals surface area contributed by atoms with Crippen LogP contribution in [0.2, 0.25) is 0 Å². The standard InChI is InChI=1S/C11H21N3O/c15-12-11(13-7-3-1-4-8-13)14-9-5-2-6-10-14/h15H,1-10H2. The van der Waals surface area contributed by atoms with Crippen LogP contribution in [-0.4, -0.2) is 47.1 Å². The van der Waals surface area contributed by atoms with E-state index < -0.39 is 0 Å². The average molecular weight is 211 g/mol. The molecule has 2 aliphatic rings. The highest BCUT2D eigenvalue weighted by atomic mass is 16.4. The third kappa shape index (κ3) is 2.55. The molecule has 0 aromatic carbocycles. The zero-order chi connectivity index (χ0) is 10.5. The lowest BCUT2D eigenvalue weighted by Crippen LogP contribution is -2.48. The van der Waals surface area contributed by atoms with Crippen LogP contribution in [0.4, 0.5) is 0 Å². The van der Waals surface area contributed by atoms with Crippen LogP contribution in [0.25, 0.3) is 0 Å². The van der Waals surface area contributed by atoms with Crippen molar-refractivity contribution in [3.8, 4) is 0 Å². The Morgan fingerprint density at radius 3 is 1.47 bits per heavy atom. The fourth-order valence-electron chi connectivity index (χ4n) is 2.51. The molecule has 0 bridgehead atoms. The lowest BCUT2D eigenvalue weighted by Gasteiger charge is -2.37. The zero-order valence-electron chi connectivity index (χ0n) is 9.36. The largest absolute Gasteiger partial charge is 0.408 e. The highest BCUT2D eigenvalue weighted by Gasteiger charge is 2.22. The molecule has 2 aliphatic heterocycles. The Labute approximate surface area is 91.5 Å². The molecule has 0 aromatic rings. The van der Waals surface area contributed by atoms with E-state index in [1.165, 1.54) is 38.5 Å². The van der Waals surface area contributed by atoms with Crippen LogP contribution in [-0.2, 0) is 0 Å². The second-order valence-electron chi connectivity index (χ2n) is 4.50. The predicted molar refractivity (Wildman–Crippen MR) is 60.1 cm³/mol. The van der Waals surface area contributed by atoms with Crippen molar-refractivity contribution < 1.29 is 5.21 Å². The van der Waals surface area contributed by atoms with Crippen LogP contribution in [0.5, 0.6) is 0 Å². The molecule has 2 rings (SSSR count). The van der Waals surface area contributed by atoms with E-state index in [9.17, 15) is 0 Å². The summed E-state index contributed by atoms with van der Waals surface area (Å²) in [6.07, 6.45) is 7.55. The van der Waals surface area contributed by atoms with Gasteiger partial charge in [-0.25, -0.2) is 0 Å². The van der Waals surface area contributed by atoms with Gasteiger partial charge in [0.25, 0.3) is 0 Å². The molecule has 0 aromatic heterocycles. The normalized spacial score (nSPS) is 22.7. The summed E-state index contributed by atoms with van der Waals surface area (Å²) < 4.78 is 0. The van der Waals surface area contributed by atoms with Gasteiger partial charge in [0.15, 0.2) is 0 Å². The number of nitrogens with zero attached hydrogens (tertiary/aromatic N) is 3. The fourth-order valence-corrected chi connectivity index (χ4v) is 2.51. The molecule has 0 aliphatic carbocycles. The molecule has 2 heterocycles. The number of piperidine rings is 2. The first-order valence-corrected chi connectivity index (χ1v) is 6.14. The highest BCUT2D eigenvalue weighted by Crippen LogP contribution is 2.15. The third-order valence-electron chi connectivity index (χ3n) is 3.37. The minimum Gasteiger partial charge on any atom is -0.408 e. The monoisotopic (exact) mass is 211 g/mol. The molecule has 0 amide bonds. The van der Waals surface area contributed by atoms with Gasteiger partial charge >= 0.3 is 0 Å². The van der Waals surface area contributed by atoms with E-state index in [-0.39, 0.29) is 0 Å². The second-order valence-corrected chi connectivity index (χ2v) is 4.50. The predicted octanol–water partition coefficient (Wildman–Crippen LogP) is 1.70. The fraction of sp³-hybridized carbons (Fsp3) is 0.909. The van der Waals surface area contributed by atoms with E-state index in [0.29, 0.717) is 0 Å². The molecule has 0 spiro atoms. The molecule has 4 heteroatoms. The molecular formula is C11H21N3O. The molecule has 2 fully saturated rings. The first-order chi connectivity index (χ1) is 7.42. The topological polar surface area (TPSA) is 39.1 Å². The summed E-state index contributed by atoms with van der Waals surface area (Å²) in [5.41, 5.74) is 0. The maximum atomic E-state index is 9.14. The van der Waals surface area contributed by atoms with Crippen molar-refractivity contribution in [3.63, 3.8) is 0 Å². The quantitative estimate of drug-likeness (QED) is 0.287. The van der Waals surface area contributed by atoms with Gasteiger partial charge in [0.05, 0.1) is 0 Å². The van der Waals surface area contributed by atoms with Crippen molar-refractivity contribution in [2.75, 3.05) is 26.2 Å².